The summed E-state index contributed by atoms with van der Waals surface area (Å²) in [6, 6.07) is 0. The second-order valence-electron chi connectivity index (χ2n) is 14.2. The van der Waals surface area contributed by atoms with Crippen LogP contribution in [-0.2, 0) is 19.1 Å². The molecule has 0 aromatic rings. The Morgan fingerprint density at radius 1 is 1.18 bits per heavy atom. The number of quaternary nitrogens is 1. The topological polar surface area (TPSA) is 101 Å². The van der Waals surface area contributed by atoms with E-state index in [0.29, 0.717) is 23.9 Å². The molecule has 0 aromatic heterocycles. The van der Waals surface area contributed by atoms with Crippen LogP contribution in [0.2, 0.25) is 0 Å². The lowest BCUT2D eigenvalue weighted by Gasteiger charge is -2.58. The highest BCUT2D eigenvalue weighted by Crippen LogP contribution is 2.71. The minimum absolute atomic E-state index is 0.0757. The summed E-state index contributed by atoms with van der Waals surface area (Å²) < 4.78 is 12.4. The van der Waals surface area contributed by atoms with Gasteiger partial charge in [0, 0.05) is 42.3 Å². The van der Waals surface area contributed by atoms with Gasteiger partial charge < -0.3 is 19.9 Å². The average Bonchev–Trinajstić information content (AvgIpc) is 3.52. The van der Waals surface area contributed by atoms with Crippen molar-refractivity contribution in [2.45, 2.75) is 90.6 Å². The average molecular weight is 642 g/mol. The van der Waals surface area contributed by atoms with Crippen LogP contribution in [0.5, 0.6) is 0 Å². The molecule has 3 fully saturated rings. The number of unbranched alkanes of at least 4 members (excludes halogenated alkanes) is 1. The molecule has 4 aliphatic carbocycles. The van der Waals surface area contributed by atoms with Gasteiger partial charge in [0.1, 0.15) is 17.7 Å². The van der Waals surface area contributed by atoms with Crippen LogP contribution >= 0.6 is 21.6 Å². The van der Waals surface area contributed by atoms with E-state index in [2.05, 4.69) is 36.6 Å². The van der Waals surface area contributed by atoms with Crippen molar-refractivity contribution in [1.82, 2.24) is 5.32 Å². The van der Waals surface area contributed by atoms with Crippen molar-refractivity contribution in [2.24, 2.45) is 40.9 Å². The fraction of sp³-hybridized carbons (Fsp3) is 0.714. The van der Waals surface area contributed by atoms with Crippen molar-refractivity contribution >= 4 is 33.5 Å². The fourth-order valence-electron chi connectivity index (χ4n) is 9.97. The highest BCUT2D eigenvalue weighted by atomic mass is 33.1. The maximum absolute atomic E-state index is 14.3. The van der Waals surface area contributed by atoms with E-state index >= 15 is 0 Å². The second-order valence-corrected chi connectivity index (χ2v) is 16.7. The molecule has 7 bridgehead atoms. The number of nitrogens with one attached hydrogen (secondary N) is 1. The molecule has 4 heterocycles. The molecule has 1 spiro atoms. The zero-order valence-corrected chi connectivity index (χ0v) is 27.9. The number of piperidine rings is 1. The van der Waals surface area contributed by atoms with Gasteiger partial charge in [0.05, 0.1) is 23.4 Å². The van der Waals surface area contributed by atoms with Crippen LogP contribution in [0, 0.1) is 40.9 Å². The number of nitrogens with two attached hydrogens (primary N) is 1. The van der Waals surface area contributed by atoms with Gasteiger partial charge in [0.15, 0.2) is 0 Å². The summed E-state index contributed by atoms with van der Waals surface area (Å²) in [6.07, 6.45) is 15.0. The number of cyclic esters (lactones) is 1. The number of fused-ring (bicyclic) bond motifs is 3. The number of hydrogen-bond acceptors (Lipinski definition) is 8. The molecule has 0 radical (unpaired) electrons. The van der Waals surface area contributed by atoms with Crippen molar-refractivity contribution < 1.29 is 29.5 Å². The molecule has 8 unspecified atom stereocenters. The van der Waals surface area contributed by atoms with Crippen molar-refractivity contribution in [3.8, 4) is 0 Å². The molecule has 0 amide bonds. The van der Waals surface area contributed by atoms with Crippen LogP contribution < -0.4 is 10.6 Å². The van der Waals surface area contributed by atoms with Gasteiger partial charge in [0.2, 0.25) is 0 Å². The van der Waals surface area contributed by atoms with Crippen LogP contribution in [0.25, 0.3) is 0 Å². The van der Waals surface area contributed by atoms with Gasteiger partial charge in [-0.25, -0.2) is 9.59 Å². The predicted molar refractivity (Wildman–Crippen MR) is 174 cm³/mol. The summed E-state index contributed by atoms with van der Waals surface area (Å²) in [5, 5.41) is 16.3. The summed E-state index contributed by atoms with van der Waals surface area (Å²) >= 11 is 0. The molecule has 44 heavy (non-hydrogen) atoms. The SMILES string of the molecule is CCCC=C1OC(=O)C2=C1CCC1C3CCC4(C5=CCC(C)CSSCNC6CC(CC[NH2+]6)C(CCCO)C3=C4C(=O)O5)C21. The molecule has 8 aliphatic rings. The molecule has 0 aromatic carbocycles. The first-order valence-electron chi connectivity index (χ1n) is 17.2. The molecule has 1 saturated carbocycles. The Bertz CT molecular complexity index is 1310. The molecule has 9 heteroatoms. The van der Waals surface area contributed by atoms with E-state index in [1.165, 1.54) is 5.57 Å². The second kappa shape index (κ2) is 12.9. The van der Waals surface area contributed by atoms with Crippen molar-refractivity contribution in [3.63, 3.8) is 0 Å². The smallest absolute Gasteiger partial charge is 0.340 e. The highest BCUT2D eigenvalue weighted by Gasteiger charge is 2.69. The lowest BCUT2D eigenvalue weighted by atomic mass is 9.43. The third kappa shape index (κ3) is 5.17. The van der Waals surface area contributed by atoms with Gasteiger partial charge in [-0.2, -0.15) is 0 Å². The highest BCUT2D eigenvalue weighted by molar-refractivity contribution is 8.76. The number of aliphatic hydroxyl groups excluding tert-OH is 1. The molecule has 8 rings (SSSR count). The minimum atomic E-state index is -0.597. The number of ether oxygens (including phenoxy) is 2. The van der Waals surface area contributed by atoms with Crippen LogP contribution in [0.15, 0.2) is 46.0 Å². The van der Waals surface area contributed by atoms with E-state index in [9.17, 15) is 14.7 Å². The van der Waals surface area contributed by atoms with E-state index in [1.54, 1.807) is 0 Å². The molecular formula is C35H49N2O5S2+. The van der Waals surface area contributed by atoms with E-state index in [4.69, 9.17) is 9.47 Å². The summed E-state index contributed by atoms with van der Waals surface area (Å²) in [4.78, 5) is 28.1. The molecule has 8 atom stereocenters. The van der Waals surface area contributed by atoms with Crippen LogP contribution in [0.3, 0.4) is 0 Å². The molecule has 2 saturated heterocycles. The molecule has 240 valence electrons. The van der Waals surface area contributed by atoms with Gasteiger partial charge in [-0.3, -0.25) is 5.32 Å². The van der Waals surface area contributed by atoms with Crippen molar-refractivity contribution in [1.29, 1.82) is 0 Å². The molecular weight excluding hydrogens is 593 g/mol. The molecule has 4 aliphatic heterocycles. The van der Waals surface area contributed by atoms with E-state index < -0.39 is 5.41 Å². The van der Waals surface area contributed by atoms with Gasteiger partial charge in [-0.1, -0.05) is 47.4 Å². The standard InChI is InChI=1S/C35H48N2O5S2/c1-3-4-7-26-25-10-9-24-23-12-14-35(31(24)30(25)33(39)41-26)27-11-8-20(2)18-43-44-19-37-28-17-21(13-15-36-28)22(6-5-16-38)29(23)32(35)34(40)42-27/h7,11,20-24,28,31,36-38H,3-6,8-10,12-19H2,1-2H3/p+1. The number of allylic oxidation sites excluding steroid dienone is 5. The first-order valence-corrected chi connectivity index (χ1v) is 19.7. The van der Waals surface area contributed by atoms with Gasteiger partial charge in [-0.15, -0.1) is 0 Å². The predicted octanol–water partition coefficient (Wildman–Crippen LogP) is 5.35. The normalized spacial score (nSPS) is 39.7. The number of esters is 2. The first-order chi connectivity index (χ1) is 21.5. The Hall–Kier alpha value is -1.52. The summed E-state index contributed by atoms with van der Waals surface area (Å²) in [7, 11) is 3.82. The Morgan fingerprint density at radius 3 is 2.91 bits per heavy atom. The zero-order chi connectivity index (χ0) is 30.4. The van der Waals surface area contributed by atoms with Gasteiger partial charge in [-0.05, 0) is 93.1 Å². The van der Waals surface area contributed by atoms with Gasteiger partial charge in [0.25, 0.3) is 0 Å². The van der Waals surface area contributed by atoms with Gasteiger partial charge >= 0.3 is 11.9 Å². The Kier molecular flexibility index (Phi) is 9.14. The van der Waals surface area contributed by atoms with Crippen molar-refractivity contribution in [2.75, 3.05) is 24.8 Å². The van der Waals surface area contributed by atoms with E-state index in [1.807, 2.05) is 21.6 Å². The number of carbonyl (C=O) groups is 2. The van der Waals surface area contributed by atoms with E-state index in [-0.39, 0.29) is 36.3 Å². The summed E-state index contributed by atoms with van der Waals surface area (Å²) in [6.45, 7) is 5.66. The number of carbonyl (C=O) groups excluding carboxylic acids is 2. The van der Waals surface area contributed by atoms with E-state index in [0.717, 1.165) is 117 Å². The zero-order valence-electron chi connectivity index (χ0n) is 26.3. The quantitative estimate of drug-likeness (QED) is 0.273. The lowest BCUT2D eigenvalue weighted by Crippen LogP contribution is -2.95. The minimum Gasteiger partial charge on any atom is -0.427 e. The maximum Gasteiger partial charge on any atom is 0.340 e. The van der Waals surface area contributed by atoms with Crippen LogP contribution in [0.1, 0.15) is 84.5 Å². The first kappa shape index (κ1) is 31.1. The lowest BCUT2D eigenvalue weighted by molar-refractivity contribution is -0.705. The van der Waals surface area contributed by atoms with Crippen LogP contribution in [-0.4, -0.2) is 48.0 Å². The largest absolute Gasteiger partial charge is 0.427 e. The monoisotopic (exact) mass is 641 g/mol. The Balaban J connectivity index is 1.41. The number of hydrogen-bond donors (Lipinski definition) is 3. The maximum atomic E-state index is 14.3. The molecule has 4 N–H and O–H groups in total. The number of aliphatic hydroxyl groups is 1. The third-order valence-electron chi connectivity index (χ3n) is 11.7. The molecule has 7 nitrogen and oxygen atoms in total. The Morgan fingerprint density at radius 2 is 2.07 bits per heavy atom. The van der Waals surface area contributed by atoms with Crippen LogP contribution in [0.4, 0.5) is 0 Å². The summed E-state index contributed by atoms with van der Waals surface area (Å²) in [5.74, 6) is 4.78. The Labute approximate surface area is 269 Å². The summed E-state index contributed by atoms with van der Waals surface area (Å²) in [5.41, 5.74) is 3.56. The van der Waals surface area contributed by atoms with Crippen molar-refractivity contribution in [3.05, 3.63) is 46.0 Å². The third-order valence-corrected chi connectivity index (χ3v) is 14.2. The number of rotatable bonds is 5. The fourth-order valence-corrected chi connectivity index (χ4v) is 12.2.